The van der Waals surface area contributed by atoms with E-state index in [1.54, 1.807) is 6.08 Å². The predicted molar refractivity (Wildman–Crippen MR) is 44.2 cm³/mol. The Hall–Kier alpha value is -1.08. The minimum atomic E-state index is -0.0336. The Morgan fingerprint density at radius 2 is 2.09 bits per heavy atom. The topological polar surface area (TPSA) is 17.1 Å². The Labute approximate surface area is 69.4 Å². The van der Waals surface area contributed by atoms with E-state index < -0.39 is 0 Å². The number of hydrogen-bond acceptors (Lipinski definition) is 1. The summed E-state index contributed by atoms with van der Waals surface area (Å²) < 4.78 is 0. The Morgan fingerprint density at radius 1 is 1.27 bits per heavy atom. The van der Waals surface area contributed by atoms with Crippen molar-refractivity contribution in [2.75, 3.05) is 0 Å². The van der Waals surface area contributed by atoms with Crippen molar-refractivity contribution in [3.63, 3.8) is 0 Å². The maximum absolute atomic E-state index is 10.9. The van der Waals surface area contributed by atoms with E-state index in [1.165, 1.54) is 6.08 Å². The molecular formula is C9H5ClO. The van der Waals surface area contributed by atoms with Gasteiger partial charge >= 0.3 is 0 Å². The number of carbonyl (C=O) groups is 1. The molecule has 2 rings (SSSR count). The molecule has 0 fully saturated rings. The molecule has 0 bridgehead atoms. The highest BCUT2D eigenvalue weighted by atomic mass is 35.5. The molecule has 11 heavy (non-hydrogen) atoms. The maximum Gasteiger partial charge on any atom is 0.180 e. The number of fused-ring (bicyclic) bond motifs is 1. The average Bonchev–Trinajstić information content (AvgIpc) is 2.34. The minimum Gasteiger partial charge on any atom is -0.290 e. The molecule has 0 aromatic heterocycles. The highest BCUT2D eigenvalue weighted by Crippen LogP contribution is 2.30. The number of hydrogen-bond donors (Lipinski definition) is 0. The summed E-state index contributed by atoms with van der Waals surface area (Å²) in [6.45, 7) is 0. The third-order valence-electron chi connectivity index (χ3n) is 1.67. The van der Waals surface area contributed by atoms with Crippen molar-refractivity contribution >= 4 is 17.4 Å². The third-order valence-corrected chi connectivity index (χ3v) is 1.99. The van der Waals surface area contributed by atoms with Gasteiger partial charge in [0, 0.05) is 11.6 Å². The molecule has 0 unspecified atom stereocenters. The zero-order chi connectivity index (χ0) is 7.84. The van der Waals surface area contributed by atoms with Gasteiger partial charge in [-0.15, -0.1) is 0 Å². The van der Waals surface area contributed by atoms with Crippen LogP contribution < -0.4 is 0 Å². The van der Waals surface area contributed by atoms with E-state index >= 15 is 0 Å². The van der Waals surface area contributed by atoms with Gasteiger partial charge in [-0.3, -0.25) is 4.79 Å². The Kier molecular flexibility index (Phi) is 1.33. The van der Waals surface area contributed by atoms with Gasteiger partial charge in [0.15, 0.2) is 5.78 Å². The van der Waals surface area contributed by atoms with Crippen molar-refractivity contribution in [1.82, 2.24) is 0 Å². The molecule has 54 valence electrons. The lowest BCUT2D eigenvalue weighted by atomic mass is 10.0. The van der Waals surface area contributed by atoms with Gasteiger partial charge in [-0.05, 0) is 11.6 Å². The largest absolute Gasteiger partial charge is 0.290 e. The molecule has 0 heterocycles. The monoisotopic (exact) mass is 164 g/mol. The van der Waals surface area contributed by atoms with Gasteiger partial charge in [0.1, 0.15) is 0 Å². The molecule has 0 saturated heterocycles. The summed E-state index contributed by atoms with van der Waals surface area (Å²) in [5, 5.41) is 0.539. The van der Waals surface area contributed by atoms with Crippen LogP contribution >= 0.6 is 11.6 Å². The number of halogens is 1. The van der Waals surface area contributed by atoms with Crippen LogP contribution in [0, 0.1) is 0 Å². The highest BCUT2D eigenvalue weighted by molar-refractivity contribution is 6.35. The molecule has 0 amide bonds. The number of ketones is 1. The molecule has 0 aromatic carbocycles. The molecule has 0 radical (unpaired) electrons. The Morgan fingerprint density at radius 3 is 2.91 bits per heavy atom. The third kappa shape index (κ3) is 0.976. The molecule has 2 aliphatic rings. The predicted octanol–water partition coefficient (Wildman–Crippen LogP) is 2.11. The first-order chi connectivity index (χ1) is 5.27. The van der Waals surface area contributed by atoms with Crippen molar-refractivity contribution < 1.29 is 4.79 Å². The summed E-state index contributed by atoms with van der Waals surface area (Å²) in [5.74, 6) is -0.0336. The molecule has 0 N–H and O–H groups in total. The van der Waals surface area contributed by atoms with Crippen molar-refractivity contribution in [2.24, 2.45) is 0 Å². The van der Waals surface area contributed by atoms with Gasteiger partial charge in [0.2, 0.25) is 0 Å². The number of carbonyl (C=O) groups excluding carboxylic acids is 1. The molecule has 0 atom stereocenters. The maximum atomic E-state index is 10.9. The summed E-state index contributed by atoms with van der Waals surface area (Å²) in [4.78, 5) is 10.9. The highest BCUT2D eigenvalue weighted by Gasteiger charge is 2.16. The molecule has 0 aliphatic heterocycles. The molecule has 0 aromatic rings. The molecule has 0 spiro atoms. The zero-order valence-corrected chi connectivity index (χ0v) is 6.43. The number of allylic oxidation sites excluding steroid dienone is 8. The standard InChI is InChI=1S/C9H5ClO/c10-9-5-7(11)4-6-2-1-3-8(6)9/h1-5H. The SMILES string of the molecule is O=C1C=C(Cl)C2=CC=CC2=C1. The fourth-order valence-electron chi connectivity index (χ4n) is 1.17. The summed E-state index contributed by atoms with van der Waals surface area (Å²) in [7, 11) is 0. The first-order valence-corrected chi connectivity index (χ1v) is 3.67. The van der Waals surface area contributed by atoms with Crippen LogP contribution in [0.4, 0.5) is 0 Å². The van der Waals surface area contributed by atoms with Crippen LogP contribution in [0.3, 0.4) is 0 Å². The molecular weight excluding hydrogens is 160 g/mol. The summed E-state index contributed by atoms with van der Waals surface area (Å²) >= 11 is 5.80. The summed E-state index contributed by atoms with van der Waals surface area (Å²) in [6, 6.07) is 0. The van der Waals surface area contributed by atoms with Gasteiger partial charge in [0.25, 0.3) is 0 Å². The van der Waals surface area contributed by atoms with Crippen LogP contribution in [0.1, 0.15) is 0 Å². The molecule has 2 aliphatic carbocycles. The van der Waals surface area contributed by atoms with Gasteiger partial charge in [-0.2, -0.15) is 0 Å². The summed E-state index contributed by atoms with van der Waals surface area (Å²) in [5.41, 5.74) is 1.87. The Bertz CT molecular complexity index is 343. The van der Waals surface area contributed by atoms with E-state index in [0.717, 1.165) is 11.1 Å². The first-order valence-electron chi connectivity index (χ1n) is 3.29. The quantitative estimate of drug-likeness (QED) is 0.536. The van der Waals surface area contributed by atoms with Gasteiger partial charge in [-0.25, -0.2) is 0 Å². The van der Waals surface area contributed by atoms with Crippen LogP contribution in [0.15, 0.2) is 46.6 Å². The first kappa shape index (κ1) is 6.62. The van der Waals surface area contributed by atoms with Crippen LogP contribution in [-0.4, -0.2) is 5.78 Å². The minimum absolute atomic E-state index is 0.0336. The smallest absolute Gasteiger partial charge is 0.180 e. The lowest BCUT2D eigenvalue weighted by molar-refractivity contribution is -0.110. The Balaban J connectivity index is 2.54. The second kappa shape index (κ2) is 2.21. The van der Waals surface area contributed by atoms with Gasteiger partial charge < -0.3 is 0 Å². The van der Waals surface area contributed by atoms with E-state index in [-0.39, 0.29) is 5.78 Å². The van der Waals surface area contributed by atoms with E-state index in [2.05, 4.69) is 0 Å². The average molecular weight is 165 g/mol. The van der Waals surface area contributed by atoms with Crippen molar-refractivity contribution in [2.45, 2.75) is 0 Å². The zero-order valence-electron chi connectivity index (χ0n) is 5.67. The normalized spacial score (nSPS) is 20.8. The number of rotatable bonds is 0. The van der Waals surface area contributed by atoms with Crippen LogP contribution in [-0.2, 0) is 4.79 Å². The molecule has 0 saturated carbocycles. The van der Waals surface area contributed by atoms with Crippen LogP contribution in [0.5, 0.6) is 0 Å². The second-order valence-electron chi connectivity index (χ2n) is 2.43. The fourth-order valence-corrected chi connectivity index (χ4v) is 1.45. The molecule has 1 nitrogen and oxygen atoms in total. The van der Waals surface area contributed by atoms with E-state index in [1.807, 2.05) is 18.2 Å². The van der Waals surface area contributed by atoms with E-state index in [4.69, 9.17) is 11.6 Å². The van der Waals surface area contributed by atoms with E-state index in [9.17, 15) is 4.79 Å². The lowest BCUT2D eigenvalue weighted by Gasteiger charge is -2.06. The molecule has 2 heteroatoms. The van der Waals surface area contributed by atoms with Gasteiger partial charge in [-0.1, -0.05) is 29.8 Å². The second-order valence-corrected chi connectivity index (χ2v) is 2.84. The van der Waals surface area contributed by atoms with Crippen molar-refractivity contribution in [3.05, 3.63) is 46.6 Å². The van der Waals surface area contributed by atoms with Crippen LogP contribution in [0.2, 0.25) is 0 Å². The summed E-state index contributed by atoms with van der Waals surface area (Å²) in [6.07, 6.45) is 8.68. The van der Waals surface area contributed by atoms with E-state index in [0.29, 0.717) is 5.03 Å². The lowest BCUT2D eigenvalue weighted by Crippen LogP contribution is -1.98. The van der Waals surface area contributed by atoms with Crippen molar-refractivity contribution in [1.29, 1.82) is 0 Å². The van der Waals surface area contributed by atoms with Crippen molar-refractivity contribution in [3.8, 4) is 0 Å². The van der Waals surface area contributed by atoms with Gasteiger partial charge in [0.05, 0.1) is 5.03 Å². The fraction of sp³-hybridized carbons (Fsp3) is 0. The van der Waals surface area contributed by atoms with Crippen LogP contribution in [0.25, 0.3) is 0 Å².